The van der Waals surface area contributed by atoms with Crippen molar-refractivity contribution in [2.24, 2.45) is 10.8 Å². The van der Waals surface area contributed by atoms with Gasteiger partial charge in [-0.15, -0.1) is 34.0 Å². The highest BCUT2D eigenvalue weighted by atomic mass is 32.1. The largest absolute Gasteiger partial charge is 0.465 e. The Balaban J connectivity index is 1.67. The predicted octanol–water partition coefficient (Wildman–Crippen LogP) is 7.32. The van der Waals surface area contributed by atoms with E-state index in [-0.39, 0.29) is 16.4 Å². The van der Waals surface area contributed by atoms with Crippen molar-refractivity contribution in [1.82, 2.24) is 0 Å². The maximum Gasteiger partial charge on any atom is 0.146 e. The lowest BCUT2D eigenvalue weighted by atomic mass is 9.87. The highest BCUT2D eigenvalue weighted by molar-refractivity contribution is 7.26. The molecule has 0 radical (unpaired) electrons. The zero-order chi connectivity index (χ0) is 24.7. The summed E-state index contributed by atoms with van der Waals surface area (Å²) in [7, 11) is 0. The Labute approximate surface area is 212 Å². The van der Waals surface area contributed by atoms with Gasteiger partial charge >= 0.3 is 0 Å². The third kappa shape index (κ3) is 5.26. The highest BCUT2D eigenvalue weighted by Crippen LogP contribution is 2.39. The molecule has 0 aliphatic carbocycles. The van der Waals surface area contributed by atoms with E-state index >= 15 is 0 Å². The second-order valence-electron chi connectivity index (χ2n) is 10.2. The van der Waals surface area contributed by atoms with Gasteiger partial charge in [-0.05, 0) is 54.1 Å². The van der Waals surface area contributed by atoms with Crippen molar-refractivity contribution in [3.8, 4) is 12.1 Å². The second kappa shape index (κ2) is 9.04. The summed E-state index contributed by atoms with van der Waals surface area (Å²) in [5, 5.41) is 18.2. The number of ether oxygens (including phenoxy) is 1. The van der Waals surface area contributed by atoms with E-state index in [0.29, 0.717) is 0 Å². The molecule has 1 aliphatic heterocycles. The molecule has 0 bridgehead atoms. The molecule has 34 heavy (non-hydrogen) atoms. The van der Waals surface area contributed by atoms with Crippen LogP contribution in [0.1, 0.15) is 51.3 Å². The minimum absolute atomic E-state index is 0.0663. The third-order valence-electron chi connectivity index (χ3n) is 5.23. The average Bonchev–Trinajstić information content (AvgIpc) is 3.43. The molecule has 172 valence electrons. The molecule has 0 amide bonds. The quantitative estimate of drug-likeness (QED) is 0.369. The molecule has 0 atom stereocenters. The number of allylic oxidation sites excluding steroid dienone is 5. The minimum atomic E-state index is -0.0663. The predicted molar refractivity (Wildman–Crippen MR) is 146 cm³/mol. The van der Waals surface area contributed by atoms with Crippen LogP contribution in [0.15, 0.2) is 53.5 Å². The van der Waals surface area contributed by atoms with Gasteiger partial charge in [0.2, 0.25) is 0 Å². The summed E-state index contributed by atoms with van der Waals surface area (Å²) in [6.45, 7) is 13.1. The average molecular weight is 503 g/mol. The van der Waals surface area contributed by atoms with Crippen molar-refractivity contribution < 1.29 is 4.74 Å². The van der Waals surface area contributed by atoms with Crippen LogP contribution in [0.4, 0.5) is 0 Å². The summed E-state index contributed by atoms with van der Waals surface area (Å²) in [5.74, 6) is 1.97. The molecule has 4 heterocycles. The van der Waals surface area contributed by atoms with Gasteiger partial charge in [0.1, 0.15) is 29.2 Å². The van der Waals surface area contributed by atoms with Crippen LogP contribution in [-0.2, 0) is 4.74 Å². The van der Waals surface area contributed by atoms with E-state index in [1.54, 1.807) is 22.7 Å². The summed E-state index contributed by atoms with van der Waals surface area (Å²) >= 11 is 4.93. The molecule has 3 aromatic rings. The van der Waals surface area contributed by atoms with E-state index in [0.717, 1.165) is 31.0 Å². The lowest BCUT2D eigenvalue weighted by molar-refractivity contribution is 0.161. The highest BCUT2D eigenvalue weighted by Gasteiger charge is 2.28. The van der Waals surface area contributed by atoms with Crippen LogP contribution >= 0.6 is 34.0 Å². The molecule has 0 saturated heterocycles. The van der Waals surface area contributed by atoms with Crippen molar-refractivity contribution >= 4 is 61.1 Å². The Bertz CT molecular complexity index is 1470. The molecule has 0 unspecified atom stereocenters. The summed E-state index contributed by atoms with van der Waals surface area (Å²) < 4.78 is 10.4. The topological polar surface area (TPSA) is 56.8 Å². The van der Waals surface area contributed by atoms with Gasteiger partial charge in [0, 0.05) is 34.5 Å². The summed E-state index contributed by atoms with van der Waals surface area (Å²) in [6, 6.07) is 12.3. The van der Waals surface area contributed by atoms with Crippen LogP contribution in [0, 0.1) is 33.5 Å². The molecule has 0 saturated carbocycles. The Kier molecular flexibility index (Phi) is 6.44. The first-order valence-electron chi connectivity index (χ1n) is 11.0. The van der Waals surface area contributed by atoms with Gasteiger partial charge in [0.25, 0.3) is 0 Å². The molecule has 0 fully saturated rings. The molecule has 3 nitrogen and oxygen atoms in total. The van der Waals surface area contributed by atoms with E-state index in [1.807, 2.05) is 18.2 Å². The maximum atomic E-state index is 9.10. The molecule has 3 aromatic heterocycles. The molecule has 6 heteroatoms. The van der Waals surface area contributed by atoms with E-state index in [9.17, 15) is 0 Å². The molecular formula is C28H26N2OS3. The zero-order valence-electron chi connectivity index (χ0n) is 20.1. The van der Waals surface area contributed by atoms with Crippen LogP contribution < -0.4 is 9.06 Å². The summed E-state index contributed by atoms with van der Waals surface area (Å²) in [5.41, 5.74) is 1.20. The van der Waals surface area contributed by atoms with Crippen molar-refractivity contribution in [3.63, 3.8) is 0 Å². The van der Waals surface area contributed by atoms with Crippen molar-refractivity contribution in [3.05, 3.63) is 72.3 Å². The second-order valence-corrected chi connectivity index (χ2v) is 13.6. The minimum Gasteiger partial charge on any atom is -0.465 e. The molecular weight excluding hydrogens is 477 g/mol. The van der Waals surface area contributed by atoms with Crippen LogP contribution in [0.5, 0.6) is 0 Å². The SMILES string of the molecule is CC(C)(C)C1=CC(=Cc2ccc(/C=c3/cc4sc(=C(C#N)C#N)cc4s3)s2)C=C(C(C)(C)C)O1. The first-order valence-corrected chi connectivity index (χ1v) is 13.4. The Morgan fingerprint density at radius 2 is 1.35 bits per heavy atom. The van der Waals surface area contributed by atoms with Gasteiger partial charge in [-0.25, -0.2) is 0 Å². The Morgan fingerprint density at radius 1 is 0.794 bits per heavy atom. The van der Waals surface area contributed by atoms with E-state index < -0.39 is 0 Å². The van der Waals surface area contributed by atoms with Gasteiger partial charge in [-0.3, -0.25) is 0 Å². The standard InChI is InChI=1S/C28H26N2OS3/c1-27(2,3)25-10-17(11-26(31-25)28(4,5)6)9-19-7-8-20(32-19)12-21-13-23-24(33-21)14-22(34-23)18(15-29)16-30/h7-14H,1-6H3/b21-12-. The van der Waals surface area contributed by atoms with Gasteiger partial charge in [0.15, 0.2) is 0 Å². The Morgan fingerprint density at radius 3 is 1.88 bits per heavy atom. The molecule has 0 spiro atoms. The van der Waals surface area contributed by atoms with E-state index in [1.165, 1.54) is 25.6 Å². The number of hydrogen-bond donors (Lipinski definition) is 0. The fourth-order valence-corrected chi connectivity index (χ4v) is 6.66. The van der Waals surface area contributed by atoms with Crippen LogP contribution in [0.2, 0.25) is 0 Å². The number of nitrogens with zero attached hydrogens (tertiary/aromatic N) is 2. The summed E-state index contributed by atoms with van der Waals surface area (Å²) in [6.07, 6.45) is 8.72. The number of hydrogen-bond acceptors (Lipinski definition) is 6. The van der Waals surface area contributed by atoms with Crippen molar-refractivity contribution in [1.29, 1.82) is 10.5 Å². The first kappa shape index (κ1) is 24.2. The number of rotatable bonds is 2. The monoisotopic (exact) mass is 502 g/mol. The molecule has 4 rings (SSSR count). The van der Waals surface area contributed by atoms with Gasteiger partial charge < -0.3 is 4.74 Å². The van der Waals surface area contributed by atoms with Crippen molar-refractivity contribution in [2.45, 2.75) is 41.5 Å². The molecule has 1 aliphatic rings. The van der Waals surface area contributed by atoms with Gasteiger partial charge in [0.05, 0.1) is 4.53 Å². The Hall–Kier alpha value is -2.90. The van der Waals surface area contributed by atoms with Crippen LogP contribution in [-0.4, -0.2) is 0 Å². The number of fused-ring (bicyclic) bond motifs is 1. The van der Waals surface area contributed by atoms with E-state index in [4.69, 9.17) is 15.3 Å². The third-order valence-corrected chi connectivity index (χ3v) is 8.47. The number of nitriles is 2. The normalized spacial score (nSPS) is 14.8. The van der Waals surface area contributed by atoms with Crippen LogP contribution in [0.25, 0.3) is 27.1 Å². The maximum absolute atomic E-state index is 9.10. The lowest BCUT2D eigenvalue weighted by Crippen LogP contribution is -2.21. The van der Waals surface area contributed by atoms with Crippen molar-refractivity contribution in [2.75, 3.05) is 0 Å². The molecule has 0 N–H and O–H groups in total. The zero-order valence-corrected chi connectivity index (χ0v) is 22.6. The van der Waals surface area contributed by atoms with E-state index in [2.05, 4.69) is 84.0 Å². The fraction of sp³-hybridized carbons (Fsp3) is 0.286. The summed E-state index contributed by atoms with van der Waals surface area (Å²) in [4.78, 5) is 2.38. The first-order chi connectivity index (χ1) is 16.0. The smallest absolute Gasteiger partial charge is 0.146 e. The lowest BCUT2D eigenvalue weighted by Gasteiger charge is -2.32. The van der Waals surface area contributed by atoms with Gasteiger partial charge in [-0.2, -0.15) is 10.5 Å². The number of thiophene rings is 3. The van der Waals surface area contributed by atoms with Gasteiger partial charge in [-0.1, -0.05) is 41.5 Å². The molecule has 0 aromatic carbocycles. The van der Waals surface area contributed by atoms with Crippen LogP contribution in [0.3, 0.4) is 0 Å². The fourth-order valence-electron chi connectivity index (χ4n) is 3.36.